The minimum Gasteiger partial charge on any atom is -0.0985 e. The third-order valence-corrected chi connectivity index (χ3v) is 2.66. The Morgan fingerprint density at radius 1 is 0.895 bits per heavy atom. The highest BCUT2D eigenvalue weighted by molar-refractivity contribution is 5.48. The Hall–Kier alpha value is -2.08. The van der Waals surface area contributed by atoms with E-state index in [0.29, 0.717) is 0 Å². The van der Waals surface area contributed by atoms with E-state index in [4.69, 9.17) is 0 Å². The molecule has 19 heavy (non-hydrogen) atoms. The molecule has 0 aliphatic rings. The average Bonchev–Trinajstić information content (AvgIpc) is 2.48. The monoisotopic (exact) mass is 250 g/mol. The maximum absolute atomic E-state index is 3.66. The van der Waals surface area contributed by atoms with Crippen molar-refractivity contribution in [3.8, 4) is 0 Å². The van der Waals surface area contributed by atoms with Gasteiger partial charge in [-0.25, -0.2) is 0 Å². The van der Waals surface area contributed by atoms with Crippen LogP contribution in [0, 0.1) is 6.92 Å². The molecule has 2 aromatic carbocycles. The van der Waals surface area contributed by atoms with E-state index in [1.54, 1.807) is 0 Å². The lowest BCUT2D eigenvalue weighted by atomic mass is 10.2. The van der Waals surface area contributed by atoms with Crippen LogP contribution < -0.4 is 0 Å². The zero-order valence-corrected chi connectivity index (χ0v) is 11.8. The lowest BCUT2D eigenvalue weighted by molar-refractivity contribution is 1.23. The Bertz CT molecular complexity index is 489. The van der Waals surface area contributed by atoms with E-state index in [-0.39, 0.29) is 0 Å². The predicted molar refractivity (Wildman–Crippen MR) is 87.0 cm³/mol. The Balaban J connectivity index is 0.000000191. The van der Waals surface area contributed by atoms with Crippen LogP contribution in [0.2, 0.25) is 0 Å². The maximum atomic E-state index is 3.66. The molecule has 98 valence electrons. The van der Waals surface area contributed by atoms with Crippen LogP contribution in [0.5, 0.6) is 0 Å². The molecule has 0 N–H and O–H groups in total. The van der Waals surface area contributed by atoms with Gasteiger partial charge in [0.05, 0.1) is 0 Å². The Labute approximate surface area is 117 Å². The first-order valence-corrected chi connectivity index (χ1v) is 6.67. The van der Waals surface area contributed by atoms with Crippen molar-refractivity contribution in [3.63, 3.8) is 0 Å². The van der Waals surface area contributed by atoms with Crippen molar-refractivity contribution in [2.75, 3.05) is 0 Å². The second kappa shape index (κ2) is 8.93. The fourth-order valence-electron chi connectivity index (χ4n) is 1.52. The van der Waals surface area contributed by atoms with Crippen molar-refractivity contribution in [1.29, 1.82) is 0 Å². The molecule has 0 aromatic heterocycles. The molecule has 0 amide bonds. The van der Waals surface area contributed by atoms with Gasteiger partial charge in [-0.05, 0) is 24.5 Å². The van der Waals surface area contributed by atoms with Crippen molar-refractivity contribution in [2.45, 2.75) is 20.3 Å². The number of benzene rings is 2. The Morgan fingerprint density at radius 2 is 1.53 bits per heavy atom. The summed E-state index contributed by atoms with van der Waals surface area (Å²) in [6.07, 6.45) is 7.25. The summed E-state index contributed by atoms with van der Waals surface area (Å²) in [6.45, 7) is 7.88. The molecule has 2 aromatic rings. The van der Waals surface area contributed by atoms with Crippen LogP contribution in [-0.2, 0) is 0 Å². The summed E-state index contributed by atoms with van der Waals surface area (Å²) in [7, 11) is 0. The standard InChI is InChI=1S/C10H12.C9H10/c1-2-3-7-10-8-5-4-6-9-10;1-3-9-6-4-8(2)5-7-9/h3-9H,2H2,1H3;3-7H,1H2,2H3. The zero-order valence-electron chi connectivity index (χ0n) is 11.8. The molecule has 0 fully saturated rings. The van der Waals surface area contributed by atoms with Gasteiger partial charge in [0.1, 0.15) is 0 Å². The molecular weight excluding hydrogens is 228 g/mol. The van der Waals surface area contributed by atoms with Crippen molar-refractivity contribution in [1.82, 2.24) is 0 Å². The molecule has 0 saturated heterocycles. The van der Waals surface area contributed by atoms with E-state index in [1.165, 1.54) is 16.7 Å². The lowest BCUT2D eigenvalue weighted by Crippen LogP contribution is -1.71. The fourth-order valence-corrected chi connectivity index (χ4v) is 1.52. The number of hydrogen-bond donors (Lipinski definition) is 0. The highest BCUT2D eigenvalue weighted by Crippen LogP contribution is 2.03. The molecule has 0 spiro atoms. The molecule has 0 unspecified atom stereocenters. The molecule has 0 heterocycles. The first kappa shape index (κ1) is 15.0. The Kier molecular flexibility index (Phi) is 7.04. The smallest absolute Gasteiger partial charge is 0.0260 e. The molecule has 0 bridgehead atoms. The van der Waals surface area contributed by atoms with Gasteiger partial charge in [-0.3, -0.25) is 0 Å². The Morgan fingerprint density at radius 3 is 2.05 bits per heavy atom. The topological polar surface area (TPSA) is 0 Å². The van der Waals surface area contributed by atoms with Crippen LogP contribution in [0.15, 0.2) is 67.3 Å². The van der Waals surface area contributed by atoms with Gasteiger partial charge in [0.15, 0.2) is 0 Å². The van der Waals surface area contributed by atoms with Gasteiger partial charge in [0.2, 0.25) is 0 Å². The van der Waals surface area contributed by atoms with Gasteiger partial charge in [-0.1, -0.05) is 91.9 Å². The van der Waals surface area contributed by atoms with Gasteiger partial charge >= 0.3 is 0 Å². The summed E-state index contributed by atoms with van der Waals surface area (Å²) in [5.41, 5.74) is 3.76. The minimum absolute atomic E-state index is 1.11. The minimum atomic E-state index is 1.11. The van der Waals surface area contributed by atoms with Crippen LogP contribution in [0.3, 0.4) is 0 Å². The molecular formula is C19H22. The quantitative estimate of drug-likeness (QED) is 0.651. The van der Waals surface area contributed by atoms with Crippen molar-refractivity contribution < 1.29 is 0 Å². The summed E-state index contributed by atoms with van der Waals surface area (Å²) in [6, 6.07) is 18.6. The van der Waals surface area contributed by atoms with E-state index < -0.39 is 0 Å². The van der Waals surface area contributed by atoms with Crippen LogP contribution in [0.25, 0.3) is 12.2 Å². The van der Waals surface area contributed by atoms with Crippen molar-refractivity contribution in [2.24, 2.45) is 0 Å². The summed E-state index contributed by atoms with van der Waals surface area (Å²) < 4.78 is 0. The molecule has 0 atom stereocenters. The normalized spacial score (nSPS) is 9.79. The number of hydrogen-bond acceptors (Lipinski definition) is 0. The van der Waals surface area contributed by atoms with Crippen LogP contribution in [0.4, 0.5) is 0 Å². The fraction of sp³-hybridized carbons (Fsp3) is 0.158. The zero-order chi connectivity index (χ0) is 13.9. The first-order chi connectivity index (χ1) is 9.26. The second-order valence-electron chi connectivity index (χ2n) is 4.34. The van der Waals surface area contributed by atoms with Crippen LogP contribution in [0.1, 0.15) is 30.0 Å². The van der Waals surface area contributed by atoms with E-state index in [0.717, 1.165) is 6.42 Å². The summed E-state index contributed by atoms with van der Waals surface area (Å²) >= 11 is 0. The van der Waals surface area contributed by atoms with Crippen LogP contribution >= 0.6 is 0 Å². The summed E-state index contributed by atoms with van der Waals surface area (Å²) in [5.74, 6) is 0. The van der Waals surface area contributed by atoms with Gasteiger partial charge in [0, 0.05) is 0 Å². The molecule has 0 radical (unpaired) electrons. The number of rotatable bonds is 3. The highest BCUT2D eigenvalue weighted by atomic mass is 13.9. The predicted octanol–water partition coefficient (Wildman–Crippen LogP) is 5.75. The van der Waals surface area contributed by atoms with Gasteiger partial charge in [-0.15, -0.1) is 0 Å². The molecule has 0 aliphatic heterocycles. The summed E-state index contributed by atoms with van der Waals surface area (Å²) in [5, 5.41) is 0. The van der Waals surface area contributed by atoms with Crippen molar-refractivity contribution >= 4 is 12.2 Å². The third kappa shape index (κ3) is 6.42. The second-order valence-corrected chi connectivity index (χ2v) is 4.34. The average molecular weight is 250 g/mol. The molecule has 2 rings (SSSR count). The highest BCUT2D eigenvalue weighted by Gasteiger charge is 1.82. The third-order valence-electron chi connectivity index (χ3n) is 2.66. The van der Waals surface area contributed by atoms with E-state index in [9.17, 15) is 0 Å². The van der Waals surface area contributed by atoms with Gasteiger partial charge in [0.25, 0.3) is 0 Å². The summed E-state index contributed by atoms with van der Waals surface area (Å²) in [4.78, 5) is 0. The van der Waals surface area contributed by atoms with Crippen molar-refractivity contribution in [3.05, 3.63) is 83.9 Å². The SMILES string of the molecule is C=Cc1ccc(C)cc1.CCC=Cc1ccccc1. The molecule has 0 aliphatic carbocycles. The first-order valence-electron chi connectivity index (χ1n) is 6.67. The van der Waals surface area contributed by atoms with Gasteiger partial charge in [-0.2, -0.15) is 0 Å². The molecule has 0 nitrogen and oxygen atoms in total. The molecule has 0 heteroatoms. The lowest BCUT2D eigenvalue weighted by Gasteiger charge is -1.91. The van der Waals surface area contributed by atoms with E-state index in [2.05, 4.69) is 81.1 Å². The number of allylic oxidation sites excluding steroid dienone is 1. The van der Waals surface area contributed by atoms with E-state index >= 15 is 0 Å². The number of aryl methyl sites for hydroxylation is 1. The largest absolute Gasteiger partial charge is 0.0985 e. The van der Waals surface area contributed by atoms with Gasteiger partial charge < -0.3 is 0 Å². The van der Waals surface area contributed by atoms with E-state index in [1.807, 2.05) is 12.1 Å². The van der Waals surface area contributed by atoms with Crippen LogP contribution in [-0.4, -0.2) is 0 Å². The molecule has 0 saturated carbocycles. The maximum Gasteiger partial charge on any atom is -0.0260 e.